The van der Waals surface area contributed by atoms with Crippen LogP contribution in [0.3, 0.4) is 0 Å². The highest BCUT2D eigenvalue weighted by molar-refractivity contribution is 6.05. The Bertz CT molecular complexity index is 1160. The van der Waals surface area contributed by atoms with E-state index in [2.05, 4.69) is 16.2 Å². The highest BCUT2D eigenvalue weighted by atomic mass is 16.6. The number of anilines is 1. The third-order valence-corrected chi connectivity index (χ3v) is 4.40. The van der Waals surface area contributed by atoms with Crippen LogP contribution in [-0.4, -0.2) is 22.6 Å². The van der Waals surface area contributed by atoms with Gasteiger partial charge in [0.2, 0.25) is 0 Å². The molecule has 0 saturated heterocycles. The Kier molecular flexibility index (Phi) is 6.36. The van der Waals surface area contributed by atoms with Crippen molar-refractivity contribution in [2.24, 2.45) is 0 Å². The van der Waals surface area contributed by atoms with Crippen molar-refractivity contribution in [3.05, 3.63) is 105 Å². The number of hydrogen-bond donors (Lipinski definition) is 3. The van der Waals surface area contributed by atoms with E-state index in [-0.39, 0.29) is 22.7 Å². The Labute approximate surface area is 177 Å². The number of benzene rings is 3. The number of nitro groups is 1. The molecule has 3 aromatic carbocycles. The summed E-state index contributed by atoms with van der Waals surface area (Å²) in [6, 6.07) is 18.4. The SMILES string of the molecule is Cc1ccccc1C(=O)Nc1ccc(C(=O)NNC(=O)c2cccc([N+](=O)[O-])c2)cc1. The Morgan fingerprint density at radius 1 is 0.774 bits per heavy atom. The van der Waals surface area contributed by atoms with Gasteiger partial charge >= 0.3 is 0 Å². The molecule has 3 amide bonds. The lowest BCUT2D eigenvalue weighted by Gasteiger charge is -2.09. The van der Waals surface area contributed by atoms with Gasteiger partial charge in [0.15, 0.2) is 0 Å². The van der Waals surface area contributed by atoms with E-state index in [9.17, 15) is 24.5 Å². The second kappa shape index (κ2) is 9.31. The predicted octanol–water partition coefficient (Wildman–Crippen LogP) is 3.23. The van der Waals surface area contributed by atoms with Crippen molar-refractivity contribution in [1.29, 1.82) is 0 Å². The second-order valence-electron chi connectivity index (χ2n) is 6.56. The highest BCUT2D eigenvalue weighted by Crippen LogP contribution is 2.14. The predicted molar refractivity (Wildman–Crippen MR) is 114 cm³/mol. The number of hydrazine groups is 1. The lowest BCUT2D eigenvalue weighted by molar-refractivity contribution is -0.384. The number of nitro benzene ring substituents is 1. The van der Waals surface area contributed by atoms with Crippen LogP contribution < -0.4 is 16.2 Å². The molecule has 156 valence electrons. The Morgan fingerprint density at radius 3 is 2.06 bits per heavy atom. The maximum absolute atomic E-state index is 12.4. The summed E-state index contributed by atoms with van der Waals surface area (Å²) in [6.07, 6.45) is 0. The average Bonchev–Trinajstić information content (AvgIpc) is 2.78. The molecule has 0 atom stereocenters. The number of aryl methyl sites for hydroxylation is 1. The van der Waals surface area contributed by atoms with Gasteiger partial charge in [-0.05, 0) is 48.9 Å². The zero-order valence-corrected chi connectivity index (χ0v) is 16.4. The molecule has 0 aliphatic heterocycles. The molecule has 0 aromatic heterocycles. The molecule has 31 heavy (non-hydrogen) atoms. The van der Waals surface area contributed by atoms with Crippen molar-refractivity contribution in [2.45, 2.75) is 6.92 Å². The monoisotopic (exact) mass is 418 g/mol. The van der Waals surface area contributed by atoms with E-state index >= 15 is 0 Å². The van der Waals surface area contributed by atoms with Crippen LogP contribution in [0.1, 0.15) is 36.6 Å². The van der Waals surface area contributed by atoms with Crippen LogP contribution in [0.25, 0.3) is 0 Å². The summed E-state index contributed by atoms with van der Waals surface area (Å²) in [5.41, 5.74) is 6.39. The maximum atomic E-state index is 12.4. The van der Waals surface area contributed by atoms with Crippen LogP contribution >= 0.6 is 0 Å². The third-order valence-electron chi connectivity index (χ3n) is 4.40. The summed E-state index contributed by atoms with van der Waals surface area (Å²) in [6.45, 7) is 1.84. The third kappa shape index (κ3) is 5.30. The smallest absolute Gasteiger partial charge is 0.270 e. The molecule has 3 N–H and O–H groups in total. The molecular formula is C22H18N4O5. The lowest BCUT2D eigenvalue weighted by Crippen LogP contribution is -2.41. The molecule has 3 aromatic rings. The van der Waals surface area contributed by atoms with Gasteiger partial charge in [-0.15, -0.1) is 0 Å². The van der Waals surface area contributed by atoms with Gasteiger partial charge in [0.05, 0.1) is 4.92 Å². The van der Waals surface area contributed by atoms with Crippen molar-refractivity contribution in [3.8, 4) is 0 Å². The Hall–Kier alpha value is -4.53. The molecule has 0 radical (unpaired) electrons. The highest BCUT2D eigenvalue weighted by Gasteiger charge is 2.13. The van der Waals surface area contributed by atoms with E-state index in [0.717, 1.165) is 11.6 Å². The Morgan fingerprint density at radius 2 is 1.42 bits per heavy atom. The topological polar surface area (TPSA) is 130 Å². The summed E-state index contributed by atoms with van der Waals surface area (Å²) < 4.78 is 0. The molecule has 0 bridgehead atoms. The summed E-state index contributed by atoms with van der Waals surface area (Å²) >= 11 is 0. The van der Waals surface area contributed by atoms with Crippen molar-refractivity contribution in [2.75, 3.05) is 5.32 Å². The van der Waals surface area contributed by atoms with Crippen LogP contribution in [0, 0.1) is 17.0 Å². The first-order chi connectivity index (χ1) is 14.8. The molecule has 0 fully saturated rings. The van der Waals surface area contributed by atoms with Crippen molar-refractivity contribution in [3.63, 3.8) is 0 Å². The number of rotatable bonds is 5. The molecule has 0 unspecified atom stereocenters. The van der Waals surface area contributed by atoms with E-state index in [0.29, 0.717) is 11.3 Å². The summed E-state index contributed by atoms with van der Waals surface area (Å²) in [7, 11) is 0. The number of hydrogen-bond acceptors (Lipinski definition) is 5. The van der Waals surface area contributed by atoms with Crippen LogP contribution in [0.2, 0.25) is 0 Å². The minimum atomic E-state index is -0.695. The van der Waals surface area contributed by atoms with E-state index in [1.54, 1.807) is 24.3 Å². The van der Waals surface area contributed by atoms with E-state index in [1.165, 1.54) is 30.3 Å². The van der Waals surface area contributed by atoms with Gasteiger partial charge in [0.25, 0.3) is 23.4 Å². The summed E-state index contributed by atoms with van der Waals surface area (Å²) in [5, 5.41) is 13.6. The lowest BCUT2D eigenvalue weighted by atomic mass is 10.1. The number of carbonyl (C=O) groups excluding carboxylic acids is 3. The fourth-order valence-corrected chi connectivity index (χ4v) is 2.75. The van der Waals surface area contributed by atoms with Gasteiger partial charge in [-0.25, -0.2) is 0 Å². The van der Waals surface area contributed by atoms with E-state index in [1.807, 2.05) is 19.1 Å². The van der Waals surface area contributed by atoms with Crippen LogP contribution in [0.5, 0.6) is 0 Å². The minimum Gasteiger partial charge on any atom is -0.322 e. The van der Waals surface area contributed by atoms with Crippen LogP contribution in [-0.2, 0) is 0 Å². The zero-order valence-electron chi connectivity index (χ0n) is 16.4. The number of nitrogens with one attached hydrogen (secondary N) is 3. The average molecular weight is 418 g/mol. The normalized spacial score (nSPS) is 10.1. The molecule has 0 spiro atoms. The van der Waals surface area contributed by atoms with Crippen molar-refractivity contribution < 1.29 is 19.3 Å². The molecular weight excluding hydrogens is 400 g/mol. The van der Waals surface area contributed by atoms with Gasteiger partial charge in [-0.3, -0.25) is 35.3 Å². The number of amides is 3. The van der Waals surface area contributed by atoms with E-state index < -0.39 is 16.7 Å². The Balaban J connectivity index is 1.58. The zero-order chi connectivity index (χ0) is 22.4. The molecule has 9 heteroatoms. The second-order valence-corrected chi connectivity index (χ2v) is 6.56. The van der Waals surface area contributed by atoms with Crippen molar-refractivity contribution >= 4 is 29.1 Å². The van der Waals surface area contributed by atoms with Gasteiger partial charge < -0.3 is 5.32 Å². The van der Waals surface area contributed by atoms with Crippen molar-refractivity contribution in [1.82, 2.24) is 10.9 Å². The summed E-state index contributed by atoms with van der Waals surface area (Å²) in [4.78, 5) is 46.9. The fraction of sp³-hybridized carbons (Fsp3) is 0.0455. The quantitative estimate of drug-likeness (QED) is 0.433. The molecule has 3 rings (SSSR count). The largest absolute Gasteiger partial charge is 0.322 e. The summed E-state index contributed by atoms with van der Waals surface area (Å²) in [5.74, 6) is -1.55. The molecule has 0 aliphatic rings. The molecule has 0 aliphatic carbocycles. The van der Waals surface area contributed by atoms with Gasteiger partial charge in [-0.2, -0.15) is 0 Å². The maximum Gasteiger partial charge on any atom is 0.270 e. The van der Waals surface area contributed by atoms with Gasteiger partial charge in [0, 0.05) is 34.5 Å². The minimum absolute atomic E-state index is 0.0313. The van der Waals surface area contributed by atoms with Gasteiger partial charge in [-0.1, -0.05) is 24.3 Å². The number of nitrogens with zero attached hydrogens (tertiary/aromatic N) is 1. The fourth-order valence-electron chi connectivity index (χ4n) is 2.75. The molecule has 9 nitrogen and oxygen atoms in total. The standard InChI is InChI=1S/C22H18N4O5/c1-14-5-2-3-8-19(14)22(29)23-17-11-9-15(10-12-17)20(27)24-25-21(28)16-6-4-7-18(13-16)26(30)31/h2-13H,1H3,(H,23,29)(H,24,27)(H,25,28). The van der Waals surface area contributed by atoms with E-state index in [4.69, 9.17) is 0 Å². The first-order valence-electron chi connectivity index (χ1n) is 9.17. The van der Waals surface area contributed by atoms with Crippen LogP contribution in [0.4, 0.5) is 11.4 Å². The number of carbonyl (C=O) groups is 3. The first kappa shape index (κ1) is 21.2. The molecule has 0 saturated carbocycles. The molecule has 0 heterocycles. The van der Waals surface area contributed by atoms with Gasteiger partial charge in [0.1, 0.15) is 0 Å². The number of non-ortho nitro benzene ring substituents is 1. The first-order valence-corrected chi connectivity index (χ1v) is 9.17. The van der Waals surface area contributed by atoms with Crippen LogP contribution in [0.15, 0.2) is 72.8 Å².